The maximum absolute atomic E-state index is 13.3. The molecule has 1 aromatic heterocycles. The number of hydrogen-bond acceptors (Lipinski definition) is 5. The van der Waals surface area contributed by atoms with Crippen molar-refractivity contribution in [2.45, 2.75) is 13.0 Å². The van der Waals surface area contributed by atoms with Gasteiger partial charge in [-0.1, -0.05) is 18.2 Å². The van der Waals surface area contributed by atoms with Crippen LogP contribution in [0.5, 0.6) is 0 Å². The molecule has 1 unspecified atom stereocenters. The van der Waals surface area contributed by atoms with Crippen LogP contribution in [0, 0.1) is 12.7 Å². The summed E-state index contributed by atoms with van der Waals surface area (Å²) in [5.41, 5.74) is 3.53. The molecular formula is C26H28FN5O2. The van der Waals surface area contributed by atoms with E-state index in [2.05, 4.69) is 25.4 Å². The van der Waals surface area contributed by atoms with Crippen molar-refractivity contribution >= 4 is 23.2 Å². The van der Waals surface area contributed by atoms with Gasteiger partial charge in [0.05, 0.1) is 6.04 Å². The minimum atomic E-state index is -0.698. The molecule has 1 aliphatic rings. The third-order valence-electron chi connectivity index (χ3n) is 5.95. The van der Waals surface area contributed by atoms with Crippen molar-refractivity contribution in [2.75, 3.05) is 42.9 Å². The summed E-state index contributed by atoms with van der Waals surface area (Å²) in [6.07, 6.45) is 3.50. The van der Waals surface area contributed by atoms with Crippen molar-refractivity contribution in [3.8, 4) is 0 Å². The Labute approximate surface area is 198 Å². The third kappa shape index (κ3) is 5.96. The molecule has 1 saturated heterocycles. The van der Waals surface area contributed by atoms with Gasteiger partial charge < -0.3 is 15.5 Å². The summed E-state index contributed by atoms with van der Waals surface area (Å²) < 4.78 is 13.3. The largest absolute Gasteiger partial charge is 0.369 e. The summed E-state index contributed by atoms with van der Waals surface area (Å²) in [4.78, 5) is 33.6. The van der Waals surface area contributed by atoms with Gasteiger partial charge in [0.1, 0.15) is 5.82 Å². The minimum absolute atomic E-state index is 0.125. The zero-order chi connectivity index (χ0) is 23.9. The highest BCUT2D eigenvalue weighted by molar-refractivity contribution is 6.39. The number of rotatable bonds is 6. The second-order valence-corrected chi connectivity index (χ2v) is 8.34. The van der Waals surface area contributed by atoms with E-state index in [1.807, 2.05) is 37.3 Å². The average Bonchev–Trinajstić information content (AvgIpc) is 2.85. The van der Waals surface area contributed by atoms with Crippen LogP contribution in [-0.4, -0.2) is 54.4 Å². The molecule has 1 fully saturated rings. The Morgan fingerprint density at radius 1 is 1.00 bits per heavy atom. The van der Waals surface area contributed by atoms with Gasteiger partial charge in [-0.15, -0.1) is 0 Å². The lowest BCUT2D eigenvalue weighted by Crippen LogP contribution is -2.50. The van der Waals surface area contributed by atoms with Crippen molar-refractivity contribution in [3.05, 3.63) is 90.0 Å². The molecule has 2 amide bonds. The molecule has 2 aromatic carbocycles. The van der Waals surface area contributed by atoms with E-state index in [0.717, 1.165) is 43.0 Å². The van der Waals surface area contributed by atoms with Crippen LogP contribution < -0.4 is 15.5 Å². The predicted octanol–water partition coefficient (Wildman–Crippen LogP) is 3.15. The number of amides is 2. The molecule has 0 aliphatic carbocycles. The SMILES string of the molecule is Cc1cccc(NC(=O)C(=O)NCC(c2cccnc2)N2CCN(c3ccc(F)cc3)CC2)c1. The van der Waals surface area contributed by atoms with Crippen LogP contribution >= 0.6 is 0 Å². The molecule has 0 spiro atoms. The van der Waals surface area contributed by atoms with Crippen LogP contribution in [0.15, 0.2) is 73.1 Å². The van der Waals surface area contributed by atoms with Gasteiger partial charge in [-0.3, -0.25) is 19.5 Å². The lowest BCUT2D eigenvalue weighted by molar-refractivity contribution is -0.136. The van der Waals surface area contributed by atoms with Gasteiger partial charge in [-0.2, -0.15) is 0 Å². The fourth-order valence-electron chi connectivity index (χ4n) is 4.15. The molecule has 176 valence electrons. The first-order valence-corrected chi connectivity index (χ1v) is 11.3. The number of benzene rings is 2. The van der Waals surface area contributed by atoms with Gasteiger partial charge in [0.25, 0.3) is 0 Å². The van der Waals surface area contributed by atoms with E-state index in [-0.39, 0.29) is 18.4 Å². The number of anilines is 2. The fraction of sp³-hybridized carbons (Fsp3) is 0.269. The lowest BCUT2D eigenvalue weighted by atomic mass is 10.1. The van der Waals surface area contributed by atoms with E-state index >= 15 is 0 Å². The first-order valence-electron chi connectivity index (χ1n) is 11.3. The maximum Gasteiger partial charge on any atom is 0.313 e. The van der Waals surface area contributed by atoms with Crippen LogP contribution in [0.25, 0.3) is 0 Å². The van der Waals surface area contributed by atoms with E-state index in [1.165, 1.54) is 12.1 Å². The molecule has 3 aromatic rings. The van der Waals surface area contributed by atoms with E-state index in [1.54, 1.807) is 30.6 Å². The highest BCUT2D eigenvalue weighted by atomic mass is 19.1. The summed E-state index contributed by atoms with van der Waals surface area (Å²) in [6.45, 7) is 5.24. The number of piperazine rings is 1. The fourth-order valence-corrected chi connectivity index (χ4v) is 4.15. The number of pyridine rings is 1. The first kappa shape index (κ1) is 23.4. The predicted molar refractivity (Wildman–Crippen MR) is 130 cm³/mol. The Morgan fingerprint density at radius 2 is 1.76 bits per heavy atom. The number of nitrogens with zero attached hydrogens (tertiary/aromatic N) is 3. The average molecular weight is 462 g/mol. The molecule has 0 saturated carbocycles. The number of halogens is 1. The molecule has 0 bridgehead atoms. The molecule has 0 radical (unpaired) electrons. The molecule has 7 nitrogen and oxygen atoms in total. The normalized spacial score (nSPS) is 14.9. The molecule has 34 heavy (non-hydrogen) atoms. The summed E-state index contributed by atoms with van der Waals surface area (Å²) in [5.74, 6) is -1.63. The standard InChI is InChI=1S/C26H28FN5O2/c1-19-4-2-6-22(16-19)30-26(34)25(33)29-18-24(20-5-3-11-28-17-20)32-14-12-31(13-15-32)23-9-7-21(27)8-10-23/h2-11,16-17,24H,12-15,18H2,1H3,(H,29,33)(H,30,34). The van der Waals surface area contributed by atoms with Gasteiger partial charge in [0.2, 0.25) is 0 Å². The lowest BCUT2D eigenvalue weighted by Gasteiger charge is -2.40. The van der Waals surface area contributed by atoms with Gasteiger partial charge in [-0.25, -0.2) is 4.39 Å². The van der Waals surface area contributed by atoms with Crippen molar-refractivity contribution < 1.29 is 14.0 Å². The number of hydrogen-bond donors (Lipinski definition) is 2. The van der Waals surface area contributed by atoms with Gasteiger partial charge in [-0.05, 0) is 60.5 Å². The third-order valence-corrected chi connectivity index (χ3v) is 5.95. The molecule has 4 rings (SSSR count). The smallest absolute Gasteiger partial charge is 0.313 e. The Kier molecular flexibility index (Phi) is 7.49. The number of nitrogens with one attached hydrogen (secondary N) is 2. The Hall–Kier alpha value is -3.78. The van der Waals surface area contributed by atoms with Crippen LogP contribution in [0.4, 0.5) is 15.8 Å². The number of aryl methyl sites for hydroxylation is 1. The topological polar surface area (TPSA) is 77.6 Å². The summed E-state index contributed by atoms with van der Waals surface area (Å²) in [7, 11) is 0. The first-order chi connectivity index (χ1) is 16.5. The maximum atomic E-state index is 13.3. The van der Waals surface area contributed by atoms with Crippen molar-refractivity contribution in [1.29, 1.82) is 0 Å². The number of aromatic nitrogens is 1. The van der Waals surface area contributed by atoms with Crippen molar-refractivity contribution in [3.63, 3.8) is 0 Å². The van der Waals surface area contributed by atoms with Crippen molar-refractivity contribution in [1.82, 2.24) is 15.2 Å². The zero-order valence-corrected chi connectivity index (χ0v) is 19.1. The second kappa shape index (κ2) is 10.9. The van der Waals surface area contributed by atoms with Gasteiger partial charge >= 0.3 is 11.8 Å². The molecule has 2 N–H and O–H groups in total. The second-order valence-electron chi connectivity index (χ2n) is 8.34. The molecule has 1 aliphatic heterocycles. The molecular weight excluding hydrogens is 433 g/mol. The monoisotopic (exact) mass is 461 g/mol. The van der Waals surface area contributed by atoms with Crippen LogP contribution in [-0.2, 0) is 9.59 Å². The van der Waals surface area contributed by atoms with Crippen LogP contribution in [0.1, 0.15) is 17.2 Å². The Bertz CT molecular complexity index is 1120. The van der Waals surface area contributed by atoms with E-state index in [9.17, 15) is 14.0 Å². The Balaban J connectivity index is 1.38. The molecule has 1 atom stereocenters. The summed E-state index contributed by atoms with van der Waals surface area (Å²) in [6, 6.07) is 17.5. The van der Waals surface area contributed by atoms with E-state index in [4.69, 9.17) is 0 Å². The van der Waals surface area contributed by atoms with Crippen LogP contribution in [0.2, 0.25) is 0 Å². The van der Waals surface area contributed by atoms with Crippen molar-refractivity contribution in [2.24, 2.45) is 0 Å². The molecule has 2 heterocycles. The van der Waals surface area contributed by atoms with Crippen LogP contribution in [0.3, 0.4) is 0 Å². The van der Waals surface area contributed by atoms with Gasteiger partial charge in [0, 0.05) is 56.5 Å². The summed E-state index contributed by atoms with van der Waals surface area (Å²) in [5, 5.41) is 5.43. The number of carbonyl (C=O) groups excluding carboxylic acids is 2. The van der Waals surface area contributed by atoms with E-state index < -0.39 is 11.8 Å². The van der Waals surface area contributed by atoms with Gasteiger partial charge in [0.15, 0.2) is 0 Å². The number of carbonyl (C=O) groups is 2. The quantitative estimate of drug-likeness (QED) is 0.552. The molecule has 8 heteroatoms. The zero-order valence-electron chi connectivity index (χ0n) is 19.1. The Morgan fingerprint density at radius 3 is 2.44 bits per heavy atom. The minimum Gasteiger partial charge on any atom is -0.369 e. The highest BCUT2D eigenvalue weighted by Crippen LogP contribution is 2.24. The highest BCUT2D eigenvalue weighted by Gasteiger charge is 2.27. The summed E-state index contributed by atoms with van der Waals surface area (Å²) >= 11 is 0. The van der Waals surface area contributed by atoms with E-state index in [0.29, 0.717) is 5.69 Å².